The van der Waals surface area contributed by atoms with E-state index >= 15 is 0 Å². The quantitative estimate of drug-likeness (QED) is 0.554. The number of carbonyl (C=O) groups is 4. The molecule has 2 aliphatic rings. The molecule has 0 bridgehead atoms. The normalized spacial score (nSPS) is 17.1. The number of benzene rings is 1. The molecule has 0 spiro atoms. The molecule has 1 aliphatic heterocycles. The maximum atomic E-state index is 12.9. The molecule has 3 rings (SSSR count). The molecule has 7 heteroatoms. The first-order valence-electron chi connectivity index (χ1n) is 10.7. The van der Waals surface area contributed by atoms with Gasteiger partial charge in [0, 0.05) is 31.1 Å². The fourth-order valence-electron chi connectivity index (χ4n) is 4.10. The number of rotatable bonds is 6. The van der Waals surface area contributed by atoms with E-state index in [4.69, 9.17) is 0 Å². The summed E-state index contributed by atoms with van der Waals surface area (Å²) in [7, 11) is 0. The van der Waals surface area contributed by atoms with E-state index in [0.717, 1.165) is 32.1 Å². The Kier molecular flexibility index (Phi) is 6.58. The molecule has 0 saturated heterocycles. The summed E-state index contributed by atoms with van der Waals surface area (Å²) in [6.07, 6.45) is 5.30. The number of fused-ring (bicyclic) bond motifs is 1. The average molecular weight is 414 g/mol. The standard InChI is InChI=1S/C23H31N3O4/c1-23(2,3)14-19(27)24-11-12-25-20(28)15-9-10-17-18(13-15)22(30)26(21(17)29)16-7-5-4-6-8-16/h9-10,13,16H,4-8,11-12,14H2,1-3H3,(H,24,27)(H,25,28). The van der Waals surface area contributed by atoms with Crippen molar-refractivity contribution in [2.24, 2.45) is 5.41 Å². The summed E-state index contributed by atoms with van der Waals surface area (Å²) in [6, 6.07) is 4.60. The number of nitrogens with zero attached hydrogens (tertiary/aromatic N) is 1. The lowest BCUT2D eigenvalue weighted by molar-refractivity contribution is -0.122. The Balaban J connectivity index is 1.57. The molecular formula is C23H31N3O4. The van der Waals surface area contributed by atoms with Gasteiger partial charge in [-0.1, -0.05) is 40.0 Å². The van der Waals surface area contributed by atoms with E-state index in [1.807, 2.05) is 20.8 Å². The van der Waals surface area contributed by atoms with Crippen LogP contribution in [-0.4, -0.2) is 47.7 Å². The van der Waals surface area contributed by atoms with Crippen molar-refractivity contribution < 1.29 is 19.2 Å². The van der Waals surface area contributed by atoms with E-state index in [1.165, 1.54) is 11.0 Å². The molecule has 0 unspecified atom stereocenters. The molecule has 1 aliphatic carbocycles. The molecule has 1 aromatic carbocycles. The summed E-state index contributed by atoms with van der Waals surface area (Å²) in [6.45, 7) is 6.59. The Labute approximate surface area is 177 Å². The van der Waals surface area contributed by atoms with Crippen LogP contribution in [0.2, 0.25) is 0 Å². The van der Waals surface area contributed by atoms with Crippen LogP contribution in [0.1, 0.15) is 90.4 Å². The van der Waals surface area contributed by atoms with Crippen molar-refractivity contribution in [1.29, 1.82) is 0 Å². The van der Waals surface area contributed by atoms with Crippen LogP contribution in [-0.2, 0) is 4.79 Å². The van der Waals surface area contributed by atoms with E-state index in [9.17, 15) is 19.2 Å². The highest BCUT2D eigenvalue weighted by molar-refractivity contribution is 6.22. The van der Waals surface area contributed by atoms with Crippen LogP contribution in [0.15, 0.2) is 18.2 Å². The number of nitrogens with one attached hydrogen (secondary N) is 2. The SMILES string of the molecule is CC(C)(C)CC(=O)NCCNC(=O)c1ccc2c(c1)C(=O)N(C1CCCCC1)C2=O. The second kappa shape index (κ2) is 8.98. The number of imide groups is 1. The van der Waals surface area contributed by atoms with Crippen molar-refractivity contribution in [3.05, 3.63) is 34.9 Å². The highest BCUT2D eigenvalue weighted by atomic mass is 16.2. The molecular weight excluding hydrogens is 382 g/mol. The fraction of sp³-hybridized carbons (Fsp3) is 0.565. The molecule has 1 heterocycles. The predicted molar refractivity (Wildman–Crippen MR) is 113 cm³/mol. The summed E-state index contributed by atoms with van der Waals surface area (Å²) in [4.78, 5) is 51.3. The minimum atomic E-state index is -0.334. The summed E-state index contributed by atoms with van der Waals surface area (Å²) < 4.78 is 0. The van der Waals surface area contributed by atoms with Crippen molar-refractivity contribution in [2.75, 3.05) is 13.1 Å². The number of hydrogen-bond donors (Lipinski definition) is 2. The zero-order valence-electron chi connectivity index (χ0n) is 18.0. The van der Waals surface area contributed by atoms with Gasteiger partial charge >= 0.3 is 0 Å². The van der Waals surface area contributed by atoms with Crippen LogP contribution in [0.3, 0.4) is 0 Å². The molecule has 1 aromatic rings. The van der Waals surface area contributed by atoms with Gasteiger partial charge in [-0.25, -0.2) is 0 Å². The Bertz CT molecular complexity index is 850. The van der Waals surface area contributed by atoms with E-state index < -0.39 is 0 Å². The minimum absolute atomic E-state index is 0.0415. The second-order valence-corrected chi connectivity index (χ2v) is 9.38. The Morgan fingerprint density at radius 1 is 0.967 bits per heavy atom. The van der Waals surface area contributed by atoms with Crippen LogP contribution in [0.25, 0.3) is 0 Å². The Morgan fingerprint density at radius 3 is 2.27 bits per heavy atom. The topological polar surface area (TPSA) is 95.6 Å². The largest absolute Gasteiger partial charge is 0.354 e. The highest BCUT2D eigenvalue weighted by Crippen LogP contribution is 2.31. The zero-order chi connectivity index (χ0) is 21.9. The van der Waals surface area contributed by atoms with Gasteiger partial charge in [0.25, 0.3) is 17.7 Å². The molecule has 7 nitrogen and oxygen atoms in total. The molecule has 4 amide bonds. The monoisotopic (exact) mass is 413 g/mol. The first-order chi connectivity index (χ1) is 14.2. The lowest BCUT2D eigenvalue weighted by atomic mass is 9.92. The van der Waals surface area contributed by atoms with Gasteiger partial charge in [-0.3, -0.25) is 24.1 Å². The maximum absolute atomic E-state index is 12.9. The molecule has 30 heavy (non-hydrogen) atoms. The highest BCUT2D eigenvalue weighted by Gasteiger charge is 2.40. The van der Waals surface area contributed by atoms with Gasteiger partial charge in [0.1, 0.15) is 0 Å². The van der Waals surface area contributed by atoms with Crippen molar-refractivity contribution >= 4 is 23.6 Å². The zero-order valence-corrected chi connectivity index (χ0v) is 18.0. The third-order valence-corrected chi connectivity index (χ3v) is 5.54. The molecule has 0 aromatic heterocycles. The Hall–Kier alpha value is -2.70. The van der Waals surface area contributed by atoms with E-state index in [2.05, 4.69) is 10.6 Å². The summed E-state index contributed by atoms with van der Waals surface area (Å²) >= 11 is 0. The third kappa shape index (κ3) is 5.07. The van der Waals surface area contributed by atoms with E-state index in [-0.39, 0.29) is 41.6 Å². The summed E-state index contributed by atoms with van der Waals surface area (Å²) in [5, 5.41) is 5.53. The Morgan fingerprint density at radius 2 is 1.60 bits per heavy atom. The first-order valence-corrected chi connectivity index (χ1v) is 10.7. The van der Waals surface area contributed by atoms with E-state index in [1.54, 1.807) is 12.1 Å². The third-order valence-electron chi connectivity index (χ3n) is 5.54. The van der Waals surface area contributed by atoms with Crippen molar-refractivity contribution in [3.63, 3.8) is 0 Å². The lowest BCUT2D eigenvalue weighted by Gasteiger charge is -2.29. The van der Waals surface area contributed by atoms with Gasteiger partial charge in [0.2, 0.25) is 5.91 Å². The van der Waals surface area contributed by atoms with Gasteiger partial charge in [-0.05, 0) is 36.5 Å². The molecule has 162 valence electrons. The van der Waals surface area contributed by atoms with Crippen molar-refractivity contribution in [2.45, 2.75) is 65.3 Å². The number of amides is 4. The fourth-order valence-corrected chi connectivity index (χ4v) is 4.10. The summed E-state index contributed by atoms with van der Waals surface area (Å²) in [5.74, 6) is -0.943. The van der Waals surface area contributed by atoms with Crippen LogP contribution in [0.5, 0.6) is 0 Å². The van der Waals surface area contributed by atoms with Crippen molar-refractivity contribution in [1.82, 2.24) is 15.5 Å². The predicted octanol–water partition coefficient (Wildman–Crippen LogP) is 2.90. The number of carbonyl (C=O) groups excluding carboxylic acids is 4. The molecule has 1 fully saturated rings. The van der Waals surface area contributed by atoms with Gasteiger partial charge < -0.3 is 10.6 Å². The smallest absolute Gasteiger partial charge is 0.261 e. The first kappa shape index (κ1) is 22.0. The van der Waals surface area contributed by atoms with Gasteiger partial charge in [-0.2, -0.15) is 0 Å². The average Bonchev–Trinajstić information content (AvgIpc) is 2.94. The molecule has 0 radical (unpaired) electrons. The second-order valence-electron chi connectivity index (χ2n) is 9.38. The summed E-state index contributed by atoms with van der Waals surface area (Å²) in [5.41, 5.74) is 0.919. The minimum Gasteiger partial charge on any atom is -0.354 e. The molecule has 0 atom stereocenters. The van der Waals surface area contributed by atoms with Crippen molar-refractivity contribution in [3.8, 4) is 0 Å². The van der Waals surface area contributed by atoms with Crippen LogP contribution in [0, 0.1) is 5.41 Å². The molecule has 2 N–H and O–H groups in total. The van der Waals surface area contributed by atoms with Crippen LogP contribution >= 0.6 is 0 Å². The molecule has 1 saturated carbocycles. The van der Waals surface area contributed by atoms with Gasteiger partial charge in [-0.15, -0.1) is 0 Å². The van der Waals surface area contributed by atoms with Crippen LogP contribution in [0.4, 0.5) is 0 Å². The van der Waals surface area contributed by atoms with Crippen LogP contribution < -0.4 is 10.6 Å². The van der Waals surface area contributed by atoms with Gasteiger partial charge in [0.05, 0.1) is 11.1 Å². The van der Waals surface area contributed by atoms with Gasteiger partial charge in [0.15, 0.2) is 0 Å². The maximum Gasteiger partial charge on any atom is 0.261 e. The lowest BCUT2D eigenvalue weighted by Crippen LogP contribution is -2.40. The van der Waals surface area contributed by atoms with E-state index in [0.29, 0.717) is 29.7 Å². The number of hydrogen-bond acceptors (Lipinski definition) is 4.